The Bertz CT molecular complexity index is 433. The Morgan fingerprint density at radius 3 is 2.54 bits per heavy atom. The van der Waals surface area contributed by atoms with Gasteiger partial charge in [0.25, 0.3) is 0 Å². The van der Waals surface area contributed by atoms with E-state index in [0.717, 1.165) is 21.7 Å². The van der Waals surface area contributed by atoms with E-state index in [1.54, 1.807) is 32.1 Å². The van der Waals surface area contributed by atoms with Gasteiger partial charge in [0.15, 0.2) is 0 Å². The van der Waals surface area contributed by atoms with Gasteiger partial charge >= 0.3 is 0 Å². The molecule has 66 valence electrons. The summed E-state index contributed by atoms with van der Waals surface area (Å²) in [6.07, 6.45) is 8.58. The molecule has 8 saturated carbocycles. The minimum absolute atomic E-state index is 1.01. The van der Waals surface area contributed by atoms with Gasteiger partial charge in [-0.2, -0.15) is 0 Å². The summed E-state index contributed by atoms with van der Waals surface area (Å²) in [5.41, 5.74) is 4.12. The van der Waals surface area contributed by atoms with Crippen molar-refractivity contribution in [3.8, 4) is 0 Å². The summed E-state index contributed by atoms with van der Waals surface area (Å²) >= 11 is 0. The summed E-state index contributed by atoms with van der Waals surface area (Å²) in [7, 11) is 0. The van der Waals surface area contributed by atoms with E-state index in [-0.39, 0.29) is 0 Å². The van der Waals surface area contributed by atoms with Crippen LogP contribution in [0.4, 0.5) is 0 Å². The summed E-state index contributed by atoms with van der Waals surface area (Å²) in [5, 5.41) is 0. The average Bonchev–Trinajstić information content (AvgIpc) is 2.42. The lowest BCUT2D eigenvalue weighted by Crippen LogP contribution is -3.00. The molecule has 8 atom stereocenters. The molecule has 8 rings (SSSR count). The summed E-state index contributed by atoms with van der Waals surface area (Å²) < 4.78 is 0. The van der Waals surface area contributed by atoms with Crippen molar-refractivity contribution in [2.24, 2.45) is 45.3 Å². The number of hydrogen-bond donors (Lipinski definition) is 0. The van der Waals surface area contributed by atoms with Gasteiger partial charge in [-0.15, -0.1) is 0 Å². The zero-order chi connectivity index (χ0) is 7.84. The fraction of sp³-hybridized carbons (Fsp3) is 1.00. The Morgan fingerprint density at radius 2 is 1.85 bits per heavy atom. The van der Waals surface area contributed by atoms with Crippen LogP contribution in [0.25, 0.3) is 0 Å². The fourth-order valence-corrected chi connectivity index (χ4v) is 9.73. The molecule has 0 aliphatic heterocycles. The van der Waals surface area contributed by atoms with Crippen LogP contribution < -0.4 is 0 Å². The third kappa shape index (κ3) is 0.166. The predicted molar refractivity (Wildman–Crippen MR) is 46.8 cm³/mol. The second kappa shape index (κ2) is 0.864. The third-order valence-corrected chi connectivity index (χ3v) is 8.94. The van der Waals surface area contributed by atoms with Crippen molar-refractivity contribution in [2.45, 2.75) is 32.1 Å². The average molecular weight is 170 g/mol. The summed E-state index contributed by atoms with van der Waals surface area (Å²) in [5.74, 6) is 5.13. The molecule has 0 heteroatoms. The van der Waals surface area contributed by atoms with Crippen molar-refractivity contribution >= 4 is 0 Å². The second-order valence-electron chi connectivity index (χ2n) is 7.71. The minimum atomic E-state index is 1.01. The lowest BCUT2D eigenvalue weighted by molar-refractivity contribution is -0.577. The van der Waals surface area contributed by atoms with Crippen molar-refractivity contribution in [2.75, 3.05) is 0 Å². The summed E-state index contributed by atoms with van der Waals surface area (Å²) in [6, 6.07) is 0. The molecule has 5 bridgehead atoms. The molecule has 0 amide bonds. The first kappa shape index (κ1) is 5.19. The van der Waals surface area contributed by atoms with Crippen LogP contribution in [0.1, 0.15) is 32.1 Å². The van der Waals surface area contributed by atoms with E-state index in [1.165, 1.54) is 23.7 Å². The molecular weight excluding hydrogens is 156 g/mol. The first-order valence-electron chi connectivity index (χ1n) is 6.33. The summed E-state index contributed by atoms with van der Waals surface area (Å²) in [4.78, 5) is 0. The van der Waals surface area contributed by atoms with Crippen LogP contribution in [0.5, 0.6) is 0 Å². The van der Waals surface area contributed by atoms with Crippen LogP contribution >= 0.6 is 0 Å². The van der Waals surface area contributed by atoms with Crippen molar-refractivity contribution < 1.29 is 0 Å². The van der Waals surface area contributed by atoms with E-state index >= 15 is 0 Å². The number of hydrogen-bond acceptors (Lipinski definition) is 0. The van der Waals surface area contributed by atoms with Gasteiger partial charge in [0.2, 0.25) is 0 Å². The zero-order valence-corrected chi connectivity index (χ0v) is 7.84. The van der Waals surface area contributed by atoms with E-state index in [1.807, 2.05) is 0 Å². The summed E-state index contributed by atoms with van der Waals surface area (Å²) in [6.45, 7) is 0. The smallest absolute Gasteiger partial charge is 0.0134 e. The van der Waals surface area contributed by atoms with Crippen molar-refractivity contribution in [3.63, 3.8) is 0 Å². The molecule has 8 fully saturated rings. The molecule has 0 radical (unpaired) electrons. The Morgan fingerprint density at radius 1 is 0.846 bits per heavy atom. The SMILES string of the molecule is C1C2CC34C5C6C7CC23CC15C64C7. The molecule has 8 aliphatic rings. The Kier molecular flexibility index (Phi) is 0.345. The number of rotatable bonds is 0. The van der Waals surface area contributed by atoms with Crippen LogP contribution in [0.15, 0.2) is 0 Å². The second-order valence-corrected chi connectivity index (χ2v) is 7.71. The highest BCUT2D eigenvalue weighted by Crippen LogP contribution is 3.18. The molecular formula is C13H14. The van der Waals surface area contributed by atoms with Crippen LogP contribution in [0, 0.1) is 45.3 Å². The van der Waals surface area contributed by atoms with Gasteiger partial charge < -0.3 is 0 Å². The molecule has 0 aromatic carbocycles. The largest absolute Gasteiger partial charge is 0.0436 e. The van der Waals surface area contributed by atoms with Crippen LogP contribution in [-0.2, 0) is 0 Å². The third-order valence-electron chi connectivity index (χ3n) is 8.94. The van der Waals surface area contributed by atoms with Crippen LogP contribution in [0.3, 0.4) is 0 Å². The maximum atomic E-state index is 1.74. The van der Waals surface area contributed by atoms with E-state index in [9.17, 15) is 0 Å². The molecule has 0 heterocycles. The van der Waals surface area contributed by atoms with Gasteiger partial charge in [-0.05, 0) is 77.4 Å². The Labute approximate surface area is 78.1 Å². The Hall–Kier alpha value is 0. The van der Waals surface area contributed by atoms with Gasteiger partial charge in [0.1, 0.15) is 0 Å². The maximum absolute atomic E-state index is 1.74. The molecule has 13 heavy (non-hydrogen) atoms. The highest BCUT2D eigenvalue weighted by atomic mass is 15.2. The molecule has 0 aromatic heterocycles. The predicted octanol–water partition coefficient (Wildman–Crippen LogP) is 2.44. The van der Waals surface area contributed by atoms with E-state index in [0.29, 0.717) is 0 Å². The van der Waals surface area contributed by atoms with E-state index < -0.39 is 0 Å². The van der Waals surface area contributed by atoms with Crippen molar-refractivity contribution in [1.82, 2.24) is 0 Å². The molecule has 0 N–H and O–H groups in total. The Balaban J connectivity index is 1.81. The molecule has 0 aromatic rings. The van der Waals surface area contributed by atoms with E-state index in [4.69, 9.17) is 0 Å². The highest BCUT2D eigenvalue weighted by molar-refractivity contribution is 5.60. The standard InChI is InChI=1S/C13H14/c1-6-2-12-8(6)9-11(12)3-7-4-13(9,12)10(1,7)5-11/h6-9H,1-5H2. The molecule has 0 saturated heterocycles. The quantitative estimate of drug-likeness (QED) is 0.524. The fourth-order valence-electron chi connectivity index (χ4n) is 9.73. The normalized spacial score (nSPS) is 102. The lowest BCUT2D eigenvalue weighted by atomic mass is 8.99. The molecule has 8 unspecified atom stereocenters. The van der Waals surface area contributed by atoms with Gasteiger partial charge in [-0.25, -0.2) is 0 Å². The van der Waals surface area contributed by atoms with Gasteiger partial charge in [-0.3, -0.25) is 0 Å². The first-order valence-corrected chi connectivity index (χ1v) is 6.33. The van der Waals surface area contributed by atoms with Gasteiger partial charge in [-0.1, -0.05) is 0 Å². The highest BCUT2D eigenvalue weighted by Gasteiger charge is 3.13. The van der Waals surface area contributed by atoms with Gasteiger partial charge in [0.05, 0.1) is 0 Å². The molecule has 4 spiro atoms. The minimum Gasteiger partial charge on any atom is -0.0436 e. The molecule has 0 nitrogen and oxygen atoms in total. The zero-order valence-electron chi connectivity index (χ0n) is 7.84. The maximum Gasteiger partial charge on any atom is -0.0134 e. The van der Waals surface area contributed by atoms with Crippen LogP contribution in [0.2, 0.25) is 0 Å². The lowest BCUT2D eigenvalue weighted by Gasteiger charge is -3.04. The molecule has 8 aliphatic carbocycles. The van der Waals surface area contributed by atoms with Crippen molar-refractivity contribution in [3.05, 3.63) is 0 Å². The van der Waals surface area contributed by atoms with Gasteiger partial charge in [0, 0.05) is 0 Å². The first-order chi connectivity index (χ1) is 6.33. The van der Waals surface area contributed by atoms with E-state index in [2.05, 4.69) is 0 Å². The van der Waals surface area contributed by atoms with Crippen molar-refractivity contribution in [1.29, 1.82) is 0 Å². The monoisotopic (exact) mass is 170 g/mol. The van der Waals surface area contributed by atoms with Crippen LogP contribution in [-0.4, -0.2) is 0 Å². The topological polar surface area (TPSA) is 0 Å².